The van der Waals surface area contributed by atoms with E-state index < -0.39 is 0 Å². The van der Waals surface area contributed by atoms with Gasteiger partial charge in [0.2, 0.25) is 0 Å². The summed E-state index contributed by atoms with van der Waals surface area (Å²) in [6, 6.07) is 11.2. The normalized spacial score (nSPS) is 11.1. The number of aromatic hydroxyl groups is 1. The number of phenolic OH excluding ortho intramolecular Hbond substituents is 1. The summed E-state index contributed by atoms with van der Waals surface area (Å²) in [4.78, 5) is 9.05. The predicted octanol–water partition coefficient (Wildman–Crippen LogP) is 4.41. The molecule has 0 aliphatic carbocycles. The number of rotatable bonds is 4. The number of benzene rings is 2. The summed E-state index contributed by atoms with van der Waals surface area (Å²) in [5.74, 6) is 1.62. The molecule has 0 atom stereocenters. The van der Waals surface area contributed by atoms with Gasteiger partial charge in [0, 0.05) is 35.3 Å². The van der Waals surface area contributed by atoms with E-state index in [0.717, 1.165) is 38.5 Å². The van der Waals surface area contributed by atoms with E-state index >= 15 is 0 Å². The molecule has 4 aromatic rings. The zero-order valence-corrected chi connectivity index (χ0v) is 15.5. The number of methoxy groups -OCH3 is 2. The average Bonchev–Trinajstić information content (AvgIpc) is 2.69. The summed E-state index contributed by atoms with van der Waals surface area (Å²) in [6.07, 6.45) is 4.44. The van der Waals surface area contributed by atoms with Crippen molar-refractivity contribution in [2.24, 2.45) is 0 Å². The molecule has 0 saturated carbocycles. The van der Waals surface area contributed by atoms with Crippen molar-refractivity contribution in [3.05, 3.63) is 65.6 Å². The first-order valence-corrected chi connectivity index (χ1v) is 8.67. The van der Waals surface area contributed by atoms with Gasteiger partial charge in [-0.3, -0.25) is 9.97 Å². The first kappa shape index (κ1) is 17.1. The lowest BCUT2D eigenvalue weighted by molar-refractivity contribution is 0.356. The molecular formula is C22H20N2O3. The smallest absolute Gasteiger partial charge is 0.161 e. The molecule has 0 aliphatic rings. The molecule has 0 radical (unpaired) electrons. The number of ether oxygens (including phenoxy) is 2. The lowest BCUT2D eigenvalue weighted by Gasteiger charge is -2.13. The van der Waals surface area contributed by atoms with Gasteiger partial charge in [0.25, 0.3) is 0 Å². The van der Waals surface area contributed by atoms with Gasteiger partial charge in [-0.2, -0.15) is 0 Å². The fourth-order valence-corrected chi connectivity index (χ4v) is 3.38. The fraction of sp³-hybridized carbons (Fsp3) is 0.182. The third-order valence-corrected chi connectivity index (χ3v) is 4.79. The minimum absolute atomic E-state index is 0.237. The van der Waals surface area contributed by atoms with E-state index in [-0.39, 0.29) is 5.75 Å². The molecule has 0 amide bonds. The number of hydrogen-bond acceptors (Lipinski definition) is 5. The van der Waals surface area contributed by atoms with Crippen molar-refractivity contribution in [2.45, 2.75) is 13.3 Å². The number of aryl methyl sites for hydroxylation is 1. The van der Waals surface area contributed by atoms with E-state index in [1.807, 2.05) is 37.5 Å². The summed E-state index contributed by atoms with van der Waals surface area (Å²) in [5.41, 5.74) is 3.93. The number of nitrogens with zero attached hydrogens (tertiary/aromatic N) is 2. The Kier molecular flexibility index (Phi) is 4.28. The third-order valence-electron chi connectivity index (χ3n) is 4.79. The highest BCUT2D eigenvalue weighted by atomic mass is 16.5. The van der Waals surface area contributed by atoms with Crippen LogP contribution in [0.3, 0.4) is 0 Å². The Morgan fingerprint density at radius 1 is 0.889 bits per heavy atom. The van der Waals surface area contributed by atoms with Gasteiger partial charge < -0.3 is 14.6 Å². The van der Waals surface area contributed by atoms with Crippen molar-refractivity contribution in [3.63, 3.8) is 0 Å². The van der Waals surface area contributed by atoms with E-state index in [2.05, 4.69) is 16.0 Å². The first-order chi connectivity index (χ1) is 13.1. The largest absolute Gasteiger partial charge is 0.508 e. The number of hydrogen-bond donors (Lipinski definition) is 1. The second kappa shape index (κ2) is 6.76. The molecule has 1 N–H and O–H groups in total. The Balaban J connectivity index is 1.83. The van der Waals surface area contributed by atoms with Crippen LogP contribution in [0.4, 0.5) is 0 Å². The van der Waals surface area contributed by atoms with Gasteiger partial charge in [-0.05, 0) is 59.8 Å². The van der Waals surface area contributed by atoms with Crippen molar-refractivity contribution in [2.75, 3.05) is 14.2 Å². The third kappa shape index (κ3) is 3.12. The molecule has 4 rings (SSSR count). The molecule has 5 heteroatoms. The monoisotopic (exact) mass is 360 g/mol. The molecule has 2 heterocycles. The van der Waals surface area contributed by atoms with Crippen molar-refractivity contribution >= 4 is 21.7 Å². The van der Waals surface area contributed by atoms with Crippen molar-refractivity contribution in [1.82, 2.24) is 9.97 Å². The molecule has 0 saturated heterocycles. The number of fused-ring (bicyclic) bond motifs is 2. The van der Waals surface area contributed by atoms with Gasteiger partial charge >= 0.3 is 0 Å². The zero-order valence-electron chi connectivity index (χ0n) is 15.5. The second-order valence-electron chi connectivity index (χ2n) is 6.52. The predicted molar refractivity (Wildman–Crippen MR) is 106 cm³/mol. The van der Waals surface area contributed by atoms with Crippen molar-refractivity contribution < 1.29 is 14.6 Å². The minimum Gasteiger partial charge on any atom is -0.508 e. The first-order valence-electron chi connectivity index (χ1n) is 8.67. The molecular weight excluding hydrogens is 340 g/mol. The molecule has 27 heavy (non-hydrogen) atoms. The average molecular weight is 360 g/mol. The maximum atomic E-state index is 9.73. The van der Waals surface area contributed by atoms with Gasteiger partial charge in [-0.1, -0.05) is 0 Å². The van der Waals surface area contributed by atoms with Gasteiger partial charge in [0.1, 0.15) is 5.75 Å². The molecule has 136 valence electrons. The van der Waals surface area contributed by atoms with Crippen LogP contribution in [0.25, 0.3) is 21.7 Å². The maximum Gasteiger partial charge on any atom is 0.161 e. The standard InChI is InChI=1S/C22H20N2O3/c1-13-18-9-21(26-2)22(27-3)10-19(18)16(12-23-13)7-14-6-15-8-17(25)4-5-20(15)24-11-14/h4-6,8-12,25H,7H2,1-3H3. The summed E-state index contributed by atoms with van der Waals surface area (Å²) in [5, 5.41) is 12.8. The highest BCUT2D eigenvalue weighted by molar-refractivity contribution is 5.91. The topological polar surface area (TPSA) is 64.5 Å². The van der Waals surface area contributed by atoms with Gasteiger partial charge in [0.15, 0.2) is 11.5 Å². The number of phenols is 1. The Hall–Kier alpha value is -3.34. The van der Waals surface area contributed by atoms with Crippen LogP contribution in [0.15, 0.2) is 48.8 Å². The summed E-state index contributed by atoms with van der Waals surface area (Å²) in [6.45, 7) is 1.98. The van der Waals surface area contributed by atoms with Gasteiger partial charge in [0.05, 0.1) is 19.7 Å². The maximum absolute atomic E-state index is 9.73. The van der Waals surface area contributed by atoms with E-state index in [0.29, 0.717) is 17.9 Å². The number of pyridine rings is 2. The van der Waals surface area contributed by atoms with E-state index in [1.54, 1.807) is 26.4 Å². The Morgan fingerprint density at radius 3 is 2.37 bits per heavy atom. The highest BCUT2D eigenvalue weighted by Crippen LogP contribution is 2.35. The van der Waals surface area contributed by atoms with Crippen LogP contribution in [0.1, 0.15) is 16.8 Å². The lowest BCUT2D eigenvalue weighted by Crippen LogP contribution is -1.97. The molecule has 0 aliphatic heterocycles. The van der Waals surface area contributed by atoms with Crippen LogP contribution in [-0.4, -0.2) is 29.3 Å². The minimum atomic E-state index is 0.237. The van der Waals surface area contributed by atoms with Gasteiger partial charge in [-0.25, -0.2) is 0 Å². The zero-order chi connectivity index (χ0) is 19.0. The Bertz CT molecular complexity index is 1160. The summed E-state index contributed by atoms with van der Waals surface area (Å²) < 4.78 is 10.9. The van der Waals surface area contributed by atoms with E-state index in [9.17, 15) is 5.11 Å². The molecule has 0 spiro atoms. The molecule has 0 fully saturated rings. The SMILES string of the molecule is COc1cc2c(Cc3cnc4ccc(O)cc4c3)cnc(C)c2cc1OC. The quantitative estimate of drug-likeness (QED) is 0.584. The van der Waals surface area contributed by atoms with E-state index in [4.69, 9.17) is 9.47 Å². The summed E-state index contributed by atoms with van der Waals surface area (Å²) in [7, 11) is 3.27. The molecule has 2 aromatic heterocycles. The van der Waals surface area contributed by atoms with Crippen LogP contribution in [0.5, 0.6) is 17.2 Å². The van der Waals surface area contributed by atoms with Crippen LogP contribution in [-0.2, 0) is 6.42 Å². The molecule has 0 bridgehead atoms. The van der Waals surface area contributed by atoms with Gasteiger partial charge in [-0.15, -0.1) is 0 Å². The summed E-state index contributed by atoms with van der Waals surface area (Å²) >= 11 is 0. The van der Waals surface area contributed by atoms with Crippen molar-refractivity contribution in [1.29, 1.82) is 0 Å². The van der Waals surface area contributed by atoms with Crippen molar-refractivity contribution in [3.8, 4) is 17.2 Å². The Morgan fingerprint density at radius 2 is 1.63 bits per heavy atom. The van der Waals surface area contributed by atoms with Crippen LogP contribution >= 0.6 is 0 Å². The molecule has 2 aromatic carbocycles. The Labute approximate surface area is 157 Å². The second-order valence-corrected chi connectivity index (χ2v) is 6.52. The molecule has 0 unspecified atom stereocenters. The fourth-order valence-electron chi connectivity index (χ4n) is 3.38. The molecule has 5 nitrogen and oxygen atoms in total. The van der Waals surface area contributed by atoms with Crippen LogP contribution in [0, 0.1) is 6.92 Å². The lowest BCUT2D eigenvalue weighted by atomic mass is 9.99. The number of aromatic nitrogens is 2. The van der Waals surface area contributed by atoms with Crippen LogP contribution in [0.2, 0.25) is 0 Å². The van der Waals surface area contributed by atoms with Crippen LogP contribution < -0.4 is 9.47 Å². The highest BCUT2D eigenvalue weighted by Gasteiger charge is 2.12. The van der Waals surface area contributed by atoms with E-state index in [1.165, 1.54) is 0 Å².